The molecule has 0 radical (unpaired) electrons. The second-order valence-electron chi connectivity index (χ2n) is 4.70. The van der Waals surface area contributed by atoms with Crippen molar-refractivity contribution in [3.8, 4) is 0 Å². The van der Waals surface area contributed by atoms with Gasteiger partial charge < -0.3 is 20.8 Å². The monoisotopic (exact) mass is 330 g/mol. The number of esters is 1. The Labute approximate surface area is 137 Å². The number of methoxy groups -OCH3 is 1. The van der Waals surface area contributed by atoms with Crippen molar-refractivity contribution < 1.29 is 18.7 Å². The zero-order valence-corrected chi connectivity index (χ0v) is 12.8. The van der Waals surface area contributed by atoms with Crippen molar-refractivity contribution in [2.24, 2.45) is 4.99 Å². The molecule has 0 aromatic heterocycles. The number of aliphatic imine (C=N–C) groups is 1. The summed E-state index contributed by atoms with van der Waals surface area (Å²) in [6.45, 7) is 0.187. The van der Waals surface area contributed by atoms with Gasteiger partial charge in [-0.1, -0.05) is 12.1 Å². The van der Waals surface area contributed by atoms with Crippen LogP contribution in [-0.2, 0) is 20.9 Å². The van der Waals surface area contributed by atoms with Gasteiger partial charge in [-0.15, -0.1) is 0 Å². The van der Waals surface area contributed by atoms with Crippen LogP contribution in [0.3, 0.4) is 0 Å². The highest BCUT2D eigenvalue weighted by atomic mass is 19.1. The zero-order valence-electron chi connectivity index (χ0n) is 12.8. The molecule has 1 aliphatic rings. The lowest BCUT2D eigenvalue weighted by atomic mass is 10.2. The summed E-state index contributed by atoms with van der Waals surface area (Å²) in [7, 11) is 1.20. The summed E-state index contributed by atoms with van der Waals surface area (Å²) in [6, 6.07) is 5.71. The Morgan fingerprint density at radius 1 is 1.38 bits per heavy atom. The molecule has 1 amide bonds. The molecule has 1 aromatic carbocycles. The number of halogens is 1. The highest BCUT2D eigenvalue weighted by Gasteiger charge is 2.20. The van der Waals surface area contributed by atoms with E-state index >= 15 is 0 Å². The van der Waals surface area contributed by atoms with E-state index in [4.69, 9.17) is 5.41 Å². The van der Waals surface area contributed by atoms with E-state index in [1.165, 1.54) is 31.4 Å². The third-order valence-corrected chi connectivity index (χ3v) is 3.03. The lowest BCUT2D eigenvalue weighted by molar-refractivity contribution is -0.132. The van der Waals surface area contributed by atoms with Gasteiger partial charge in [0, 0.05) is 18.8 Å². The number of benzene rings is 1. The fourth-order valence-corrected chi connectivity index (χ4v) is 1.87. The molecule has 124 valence electrons. The Kier molecular flexibility index (Phi) is 5.56. The van der Waals surface area contributed by atoms with Gasteiger partial charge in [-0.2, -0.15) is 0 Å². The van der Waals surface area contributed by atoms with Crippen LogP contribution in [0.1, 0.15) is 5.56 Å². The molecule has 1 aromatic rings. The Balaban J connectivity index is 2.12. The summed E-state index contributed by atoms with van der Waals surface area (Å²) >= 11 is 0. The molecule has 0 spiro atoms. The van der Waals surface area contributed by atoms with Gasteiger partial charge in [-0.25, -0.2) is 14.2 Å². The largest absolute Gasteiger partial charge is 0.464 e. The van der Waals surface area contributed by atoms with Gasteiger partial charge in [0.25, 0.3) is 5.91 Å². The first-order chi connectivity index (χ1) is 11.5. The summed E-state index contributed by atoms with van der Waals surface area (Å²) in [5, 5.41) is 12.4. The quantitative estimate of drug-likeness (QED) is 0.554. The predicted molar refractivity (Wildman–Crippen MR) is 85.8 cm³/mol. The van der Waals surface area contributed by atoms with Crippen molar-refractivity contribution in [3.05, 3.63) is 59.3 Å². The average molecular weight is 330 g/mol. The van der Waals surface area contributed by atoms with E-state index in [-0.39, 0.29) is 29.6 Å². The van der Waals surface area contributed by atoms with Crippen molar-refractivity contribution in [2.45, 2.75) is 6.54 Å². The van der Waals surface area contributed by atoms with Crippen LogP contribution in [-0.4, -0.2) is 30.9 Å². The van der Waals surface area contributed by atoms with E-state index in [0.717, 1.165) is 11.8 Å². The lowest BCUT2D eigenvalue weighted by Gasteiger charge is -2.16. The number of allylic oxidation sites excluding steroid dienone is 1. The number of carbonyl (C=O) groups excluding carboxylic acids is 2. The van der Waals surface area contributed by atoms with Crippen LogP contribution in [0.25, 0.3) is 0 Å². The molecule has 7 nitrogen and oxygen atoms in total. The Morgan fingerprint density at radius 2 is 2.08 bits per heavy atom. The molecule has 0 unspecified atom stereocenters. The third kappa shape index (κ3) is 4.35. The molecule has 0 aliphatic carbocycles. The first-order valence-corrected chi connectivity index (χ1v) is 6.92. The van der Waals surface area contributed by atoms with Crippen LogP contribution in [0.5, 0.6) is 0 Å². The predicted octanol–water partition coefficient (Wildman–Crippen LogP) is 1.03. The number of nitrogens with zero attached hydrogens (tertiary/aromatic N) is 1. The molecule has 0 saturated carbocycles. The second kappa shape index (κ2) is 7.82. The minimum atomic E-state index is -0.698. The highest BCUT2D eigenvalue weighted by Crippen LogP contribution is 2.08. The lowest BCUT2D eigenvalue weighted by Crippen LogP contribution is -2.34. The zero-order chi connectivity index (χ0) is 17.5. The number of nitrogens with one attached hydrogen (secondary N) is 3. The molecule has 2 rings (SSSR count). The van der Waals surface area contributed by atoms with Crippen LogP contribution >= 0.6 is 0 Å². The Morgan fingerprint density at radius 3 is 2.71 bits per heavy atom. The average Bonchev–Trinajstić information content (AvgIpc) is 2.60. The molecule has 0 saturated heterocycles. The Hall–Kier alpha value is -3.29. The van der Waals surface area contributed by atoms with Gasteiger partial charge in [0.2, 0.25) is 0 Å². The normalized spacial score (nSPS) is 15.0. The minimum Gasteiger partial charge on any atom is -0.464 e. The van der Waals surface area contributed by atoms with Crippen molar-refractivity contribution >= 4 is 23.8 Å². The van der Waals surface area contributed by atoms with Crippen LogP contribution in [0, 0.1) is 11.2 Å². The van der Waals surface area contributed by atoms with E-state index in [1.807, 2.05) is 0 Å². The summed E-state index contributed by atoms with van der Waals surface area (Å²) < 4.78 is 17.4. The van der Waals surface area contributed by atoms with Gasteiger partial charge >= 0.3 is 5.97 Å². The van der Waals surface area contributed by atoms with E-state index in [1.54, 1.807) is 12.1 Å². The van der Waals surface area contributed by atoms with Gasteiger partial charge in [0.05, 0.1) is 7.11 Å². The Bertz CT molecular complexity index is 751. The van der Waals surface area contributed by atoms with Crippen LogP contribution in [0.4, 0.5) is 4.39 Å². The summed E-state index contributed by atoms with van der Waals surface area (Å²) in [5.41, 5.74) is 0.746. The highest BCUT2D eigenvalue weighted by molar-refractivity contribution is 6.42. The number of ether oxygens (including phenoxy) is 1. The van der Waals surface area contributed by atoms with Crippen molar-refractivity contribution in [2.75, 3.05) is 7.11 Å². The van der Waals surface area contributed by atoms with Crippen molar-refractivity contribution in [1.29, 1.82) is 5.41 Å². The van der Waals surface area contributed by atoms with Crippen LogP contribution in [0.2, 0.25) is 0 Å². The van der Waals surface area contributed by atoms with E-state index in [9.17, 15) is 14.0 Å². The van der Waals surface area contributed by atoms with E-state index < -0.39 is 11.9 Å². The SMILES string of the molecule is COC(=O)C1=N/C(=C/C=N)NC(C(=O)NCc2ccc(F)cc2)=C1. The molecule has 1 aliphatic heterocycles. The summed E-state index contributed by atoms with van der Waals surface area (Å²) in [4.78, 5) is 27.8. The van der Waals surface area contributed by atoms with Crippen LogP contribution in [0.15, 0.2) is 52.9 Å². The van der Waals surface area contributed by atoms with E-state index in [2.05, 4.69) is 20.4 Å². The number of hydrogen-bond donors (Lipinski definition) is 3. The van der Waals surface area contributed by atoms with Crippen LogP contribution < -0.4 is 10.6 Å². The maximum Gasteiger partial charge on any atom is 0.356 e. The molecule has 0 bridgehead atoms. The minimum absolute atomic E-state index is 0.0590. The molecule has 3 N–H and O–H groups in total. The molecule has 0 atom stereocenters. The molecule has 8 heteroatoms. The van der Waals surface area contributed by atoms with Gasteiger partial charge in [0.15, 0.2) is 5.71 Å². The summed E-state index contributed by atoms with van der Waals surface area (Å²) in [5.74, 6) is -1.37. The van der Waals surface area contributed by atoms with Gasteiger partial charge in [0.1, 0.15) is 17.3 Å². The topological polar surface area (TPSA) is 104 Å². The molecular formula is C16H15FN4O3. The second-order valence-corrected chi connectivity index (χ2v) is 4.70. The van der Waals surface area contributed by atoms with Crippen molar-refractivity contribution in [3.63, 3.8) is 0 Å². The summed E-state index contributed by atoms with van der Waals surface area (Å²) in [6.07, 6.45) is 3.52. The van der Waals surface area contributed by atoms with E-state index in [0.29, 0.717) is 0 Å². The number of amides is 1. The first-order valence-electron chi connectivity index (χ1n) is 6.92. The standard InChI is InChI=1S/C16H15FN4O3/c1-24-16(23)13-8-12(20-14(21-13)6-7-18)15(22)19-9-10-2-4-11(17)5-3-10/h2-8,18,20H,9H2,1H3,(H,19,22)/b14-6+,18-7?. The number of rotatable bonds is 5. The van der Waals surface area contributed by atoms with Gasteiger partial charge in [-0.3, -0.25) is 4.79 Å². The first kappa shape index (κ1) is 17.1. The molecule has 24 heavy (non-hydrogen) atoms. The van der Waals surface area contributed by atoms with Gasteiger partial charge in [-0.05, 0) is 23.8 Å². The maximum absolute atomic E-state index is 12.9. The number of carbonyl (C=O) groups is 2. The molecular weight excluding hydrogens is 315 g/mol. The fraction of sp³-hybridized carbons (Fsp3) is 0.125. The molecule has 0 fully saturated rings. The molecule has 1 heterocycles. The fourth-order valence-electron chi connectivity index (χ4n) is 1.87. The third-order valence-electron chi connectivity index (χ3n) is 3.03. The smallest absolute Gasteiger partial charge is 0.356 e. The maximum atomic E-state index is 12.9. The number of hydrogen-bond acceptors (Lipinski definition) is 6. The van der Waals surface area contributed by atoms with Crippen molar-refractivity contribution in [1.82, 2.24) is 10.6 Å².